The summed E-state index contributed by atoms with van der Waals surface area (Å²) in [6.07, 6.45) is 1.50. The Kier molecular flexibility index (Phi) is 9.64. The van der Waals surface area contributed by atoms with E-state index in [-0.39, 0.29) is 11.9 Å². The fraction of sp³-hybridized carbons (Fsp3) is 0.500. The summed E-state index contributed by atoms with van der Waals surface area (Å²) in [4.78, 5) is 24.0. The second-order valence-corrected chi connectivity index (χ2v) is 11.5. The maximum absolute atomic E-state index is 12.9. The first-order valence-electron chi connectivity index (χ1n) is 13.8. The topological polar surface area (TPSA) is 67.4 Å². The Bertz CT molecular complexity index is 1270. The molecule has 1 spiro atoms. The van der Waals surface area contributed by atoms with E-state index in [9.17, 15) is 18.0 Å². The number of ether oxygens (including phenoxy) is 1. The molecule has 1 N–H and O–H groups in total. The SMILES string of the molecule is CCC.Cc1ccc(CNC(=O)c2cc3c(s2)C2(CCN(C(C)c4cnc(C(F)(F)F)nc4)CC2)OCC3)cc1. The number of nitrogens with zero attached hydrogens (tertiary/aromatic N) is 3. The van der Waals surface area contributed by atoms with Crippen molar-refractivity contribution in [2.45, 2.75) is 77.7 Å². The van der Waals surface area contributed by atoms with Gasteiger partial charge in [0, 0.05) is 48.5 Å². The van der Waals surface area contributed by atoms with Crippen molar-refractivity contribution in [2.24, 2.45) is 0 Å². The van der Waals surface area contributed by atoms with Crippen molar-refractivity contribution >= 4 is 17.2 Å². The third kappa shape index (κ3) is 6.90. The van der Waals surface area contributed by atoms with Gasteiger partial charge in [-0.05, 0) is 50.3 Å². The molecule has 0 radical (unpaired) electrons. The molecule has 1 fully saturated rings. The quantitative estimate of drug-likeness (QED) is 0.362. The van der Waals surface area contributed by atoms with Gasteiger partial charge >= 0.3 is 6.18 Å². The van der Waals surface area contributed by atoms with Crippen molar-refractivity contribution in [1.82, 2.24) is 20.2 Å². The molecule has 10 heteroatoms. The zero-order chi connectivity index (χ0) is 28.9. The zero-order valence-electron chi connectivity index (χ0n) is 23.5. The molecule has 6 nitrogen and oxygen atoms in total. The molecule has 1 saturated heterocycles. The van der Waals surface area contributed by atoms with Gasteiger partial charge in [0.25, 0.3) is 5.91 Å². The molecule has 216 valence electrons. The second-order valence-electron chi connectivity index (χ2n) is 10.5. The summed E-state index contributed by atoms with van der Waals surface area (Å²) in [5.74, 6) is -1.20. The van der Waals surface area contributed by atoms with Crippen molar-refractivity contribution in [1.29, 1.82) is 0 Å². The van der Waals surface area contributed by atoms with E-state index >= 15 is 0 Å². The van der Waals surface area contributed by atoms with E-state index < -0.39 is 17.6 Å². The summed E-state index contributed by atoms with van der Waals surface area (Å²) in [5.41, 5.74) is 3.63. The third-order valence-electron chi connectivity index (χ3n) is 7.33. The van der Waals surface area contributed by atoms with Gasteiger partial charge in [0.1, 0.15) is 5.60 Å². The first-order valence-corrected chi connectivity index (χ1v) is 14.6. The Morgan fingerprint density at radius 3 is 2.38 bits per heavy atom. The predicted octanol–water partition coefficient (Wildman–Crippen LogP) is 6.84. The molecular weight excluding hydrogens is 537 g/mol. The number of alkyl halides is 3. The predicted molar refractivity (Wildman–Crippen MR) is 150 cm³/mol. The summed E-state index contributed by atoms with van der Waals surface area (Å²) in [5, 5.41) is 3.03. The van der Waals surface area contributed by atoms with Gasteiger partial charge in [-0.25, -0.2) is 9.97 Å². The van der Waals surface area contributed by atoms with Crippen molar-refractivity contribution < 1.29 is 22.7 Å². The standard InChI is InChI=1S/C27H29F3N4O2S.C3H8/c1-17-3-5-19(6-4-17)14-31-24(35)22-13-20-7-12-36-26(23(20)37-22)8-10-34(11-9-26)18(2)21-15-32-25(33-16-21)27(28,29)30;1-3-2/h3-6,13,15-16,18H,7-12,14H2,1-2H3,(H,31,35);3H2,1-2H3. The molecule has 1 atom stereocenters. The first kappa shape index (κ1) is 30.1. The van der Waals surface area contributed by atoms with Crippen molar-refractivity contribution in [2.75, 3.05) is 19.7 Å². The van der Waals surface area contributed by atoms with Gasteiger partial charge < -0.3 is 10.1 Å². The van der Waals surface area contributed by atoms with Gasteiger partial charge in [-0.3, -0.25) is 9.69 Å². The molecule has 1 amide bonds. The van der Waals surface area contributed by atoms with E-state index in [0.717, 1.165) is 29.7 Å². The second kappa shape index (κ2) is 12.8. The van der Waals surface area contributed by atoms with Crippen LogP contribution >= 0.6 is 11.3 Å². The highest BCUT2D eigenvalue weighted by Crippen LogP contribution is 2.46. The minimum atomic E-state index is -4.55. The van der Waals surface area contributed by atoms with Crippen LogP contribution in [-0.2, 0) is 29.5 Å². The lowest BCUT2D eigenvalue weighted by Gasteiger charge is -2.45. The van der Waals surface area contributed by atoms with E-state index in [4.69, 9.17) is 4.74 Å². The first-order chi connectivity index (χ1) is 19.1. The van der Waals surface area contributed by atoms with Crippen LogP contribution in [0.1, 0.15) is 88.7 Å². The summed E-state index contributed by atoms with van der Waals surface area (Å²) < 4.78 is 44.8. The van der Waals surface area contributed by atoms with Gasteiger partial charge in [0.05, 0.1) is 11.5 Å². The van der Waals surface area contributed by atoms with Gasteiger partial charge in [0.2, 0.25) is 5.82 Å². The van der Waals surface area contributed by atoms with Crippen molar-refractivity contribution in [3.8, 4) is 0 Å². The lowest BCUT2D eigenvalue weighted by molar-refractivity contribution is -0.145. The van der Waals surface area contributed by atoms with Crippen LogP contribution in [0.5, 0.6) is 0 Å². The van der Waals surface area contributed by atoms with Crippen LogP contribution in [0, 0.1) is 6.92 Å². The number of aryl methyl sites for hydroxylation is 1. The molecule has 0 bridgehead atoms. The molecule has 1 unspecified atom stereocenters. The average Bonchev–Trinajstić information content (AvgIpc) is 3.39. The Hall–Kier alpha value is -2.82. The van der Waals surface area contributed by atoms with Crippen molar-refractivity contribution in [3.63, 3.8) is 0 Å². The van der Waals surface area contributed by atoms with Crippen LogP contribution in [0.15, 0.2) is 42.7 Å². The Morgan fingerprint density at radius 2 is 1.77 bits per heavy atom. The van der Waals surface area contributed by atoms with E-state index in [1.807, 2.05) is 44.2 Å². The highest BCUT2D eigenvalue weighted by Gasteiger charge is 2.43. The molecule has 3 aromatic rings. The highest BCUT2D eigenvalue weighted by atomic mass is 32.1. The number of aromatic nitrogens is 2. The molecule has 2 aliphatic heterocycles. The molecule has 2 aromatic heterocycles. The summed E-state index contributed by atoms with van der Waals surface area (Å²) in [6, 6.07) is 9.99. The zero-order valence-corrected chi connectivity index (χ0v) is 24.3. The third-order valence-corrected chi connectivity index (χ3v) is 8.69. The fourth-order valence-corrected chi connectivity index (χ4v) is 6.39. The van der Waals surface area contributed by atoms with E-state index in [0.29, 0.717) is 36.7 Å². The summed E-state index contributed by atoms with van der Waals surface area (Å²) in [6.45, 7) is 10.8. The Balaban J connectivity index is 0.00000118. The lowest BCUT2D eigenvalue weighted by Crippen LogP contribution is -2.46. The highest BCUT2D eigenvalue weighted by molar-refractivity contribution is 7.14. The smallest absolute Gasteiger partial charge is 0.369 e. The number of hydrogen-bond acceptors (Lipinski definition) is 6. The number of thiophene rings is 1. The Morgan fingerprint density at radius 1 is 1.15 bits per heavy atom. The fourth-order valence-electron chi connectivity index (χ4n) is 5.06. The van der Waals surface area contributed by atoms with Crippen LogP contribution in [0.25, 0.3) is 0 Å². The van der Waals surface area contributed by atoms with Gasteiger partial charge in [0.15, 0.2) is 0 Å². The number of amides is 1. The molecule has 40 heavy (non-hydrogen) atoms. The van der Waals surface area contributed by atoms with Gasteiger partial charge in [-0.15, -0.1) is 11.3 Å². The molecule has 5 rings (SSSR count). The van der Waals surface area contributed by atoms with Crippen LogP contribution in [-0.4, -0.2) is 40.5 Å². The number of fused-ring (bicyclic) bond motifs is 2. The van der Waals surface area contributed by atoms with Crippen LogP contribution in [0.4, 0.5) is 13.2 Å². The van der Waals surface area contributed by atoms with Crippen molar-refractivity contribution in [3.05, 3.63) is 80.6 Å². The number of nitrogens with one attached hydrogen (secondary N) is 1. The van der Waals surface area contributed by atoms with Crippen LogP contribution < -0.4 is 5.32 Å². The number of likely N-dealkylation sites (tertiary alicyclic amines) is 1. The average molecular weight is 575 g/mol. The Labute approximate surface area is 238 Å². The lowest BCUT2D eigenvalue weighted by atomic mass is 9.84. The van der Waals surface area contributed by atoms with E-state index in [1.54, 1.807) is 0 Å². The van der Waals surface area contributed by atoms with E-state index in [1.165, 1.54) is 41.3 Å². The maximum atomic E-state index is 12.9. The van der Waals surface area contributed by atoms with Crippen LogP contribution in [0.2, 0.25) is 0 Å². The summed E-state index contributed by atoms with van der Waals surface area (Å²) >= 11 is 1.51. The normalized spacial score (nSPS) is 17.5. The monoisotopic (exact) mass is 574 g/mol. The number of piperidine rings is 1. The number of carbonyl (C=O) groups excluding carboxylic acids is 1. The minimum Gasteiger partial charge on any atom is -0.369 e. The summed E-state index contributed by atoms with van der Waals surface area (Å²) in [7, 11) is 0. The maximum Gasteiger partial charge on any atom is 0.451 e. The molecule has 0 saturated carbocycles. The molecular formula is C30H37F3N4O2S. The number of halogens is 3. The molecule has 2 aliphatic rings. The van der Waals surface area contributed by atoms with Gasteiger partial charge in [-0.1, -0.05) is 50.1 Å². The number of rotatable bonds is 5. The largest absolute Gasteiger partial charge is 0.451 e. The molecule has 4 heterocycles. The number of carbonyl (C=O) groups is 1. The van der Waals surface area contributed by atoms with E-state index in [2.05, 4.69) is 34.0 Å². The number of hydrogen-bond donors (Lipinski definition) is 1. The molecule has 1 aromatic carbocycles. The molecule has 0 aliphatic carbocycles. The minimum absolute atomic E-state index is 0.0801. The van der Waals surface area contributed by atoms with Gasteiger partial charge in [-0.2, -0.15) is 13.2 Å². The number of benzene rings is 1. The van der Waals surface area contributed by atoms with Crippen LogP contribution in [0.3, 0.4) is 0 Å².